The van der Waals surface area contributed by atoms with Crippen LogP contribution < -0.4 is 10.6 Å². The summed E-state index contributed by atoms with van der Waals surface area (Å²) in [6.07, 6.45) is 5.37. The van der Waals surface area contributed by atoms with E-state index < -0.39 is 0 Å². The standard InChI is InChI=1S/C9H13N3/c1-4-11-9-8(5-6-12-9)7(2)10-3/h4-6,10H,1H2,2-3H3,(H,11,12)/b8-7+. The van der Waals surface area contributed by atoms with Gasteiger partial charge in [-0.05, 0) is 13.0 Å². The maximum absolute atomic E-state index is 4.08. The van der Waals surface area contributed by atoms with Crippen molar-refractivity contribution in [2.45, 2.75) is 6.92 Å². The first kappa shape index (κ1) is 8.59. The van der Waals surface area contributed by atoms with E-state index in [1.165, 1.54) is 6.20 Å². The molecule has 0 aromatic carbocycles. The Hall–Kier alpha value is -1.51. The number of aliphatic imine (C=N–C) groups is 1. The van der Waals surface area contributed by atoms with Crippen LogP contribution in [0.2, 0.25) is 0 Å². The van der Waals surface area contributed by atoms with E-state index in [1.807, 2.05) is 26.2 Å². The Bertz CT molecular complexity index is 271. The molecule has 12 heavy (non-hydrogen) atoms. The summed E-state index contributed by atoms with van der Waals surface area (Å²) in [7, 11) is 1.89. The fourth-order valence-electron chi connectivity index (χ4n) is 0.996. The number of nitrogens with zero attached hydrogens (tertiary/aromatic N) is 1. The number of rotatable bonds is 2. The van der Waals surface area contributed by atoms with Crippen LogP contribution in [-0.2, 0) is 0 Å². The second-order valence-corrected chi connectivity index (χ2v) is 2.43. The van der Waals surface area contributed by atoms with Gasteiger partial charge in [0, 0.05) is 30.7 Å². The zero-order valence-corrected chi connectivity index (χ0v) is 7.39. The Morgan fingerprint density at radius 3 is 3.08 bits per heavy atom. The third kappa shape index (κ3) is 1.56. The summed E-state index contributed by atoms with van der Waals surface area (Å²) in [6.45, 7) is 5.55. The Balaban J connectivity index is 2.97. The Morgan fingerprint density at radius 1 is 1.75 bits per heavy atom. The van der Waals surface area contributed by atoms with Crippen LogP contribution in [-0.4, -0.2) is 12.9 Å². The third-order valence-corrected chi connectivity index (χ3v) is 1.72. The molecule has 0 spiro atoms. The van der Waals surface area contributed by atoms with Crippen molar-refractivity contribution in [2.75, 3.05) is 7.05 Å². The zero-order chi connectivity index (χ0) is 8.97. The van der Waals surface area contributed by atoms with Crippen LogP contribution in [0.4, 0.5) is 0 Å². The minimum Gasteiger partial charge on any atom is -0.391 e. The second-order valence-electron chi connectivity index (χ2n) is 2.43. The lowest BCUT2D eigenvalue weighted by Gasteiger charge is -2.04. The van der Waals surface area contributed by atoms with Crippen LogP contribution >= 0.6 is 0 Å². The largest absolute Gasteiger partial charge is 0.391 e. The lowest BCUT2D eigenvalue weighted by atomic mass is 10.2. The molecule has 0 aliphatic carbocycles. The number of allylic oxidation sites excluding steroid dienone is 1. The summed E-state index contributed by atoms with van der Waals surface area (Å²) in [6, 6.07) is 0. The van der Waals surface area contributed by atoms with Crippen LogP contribution in [0.5, 0.6) is 0 Å². The molecule has 0 aromatic heterocycles. The van der Waals surface area contributed by atoms with Crippen molar-refractivity contribution in [3.63, 3.8) is 0 Å². The van der Waals surface area contributed by atoms with Crippen molar-refractivity contribution in [3.8, 4) is 0 Å². The Labute approximate surface area is 72.6 Å². The summed E-state index contributed by atoms with van der Waals surface area (Å²) in [5, 5.41) is 6.09. The van der Waals surface area contributed by atoms with Gasteiger partial charge < -0.3 is 10.6 Å². The molecule has 64 valence electrons. The van der Waals surface area contributed by atoms with Crippen LogP contribution in [0, 0.1) is 0 Å². The first-order chi connectivity index (χ1) is 5.79. The fraction of sp³-hybridized carbons (Fsp3) is 0.222. The second kappa shape index (κ2) is 3.76. The lowest BCUT2D eigenvalue weighted by molar-refractivity contribution is 0.981. The number of amidine groups is 1. The highest BCUT2D eigenvalue weighted by molar-refractivity contribution is 6.04. The zero-order valence-electron chi connectivity index (χ0n) is 7.39. The summed E-state index contributed by atoms with van der Waals surface area (Å²) in [4.78, 5) is 4.08. The molecule has 1 aliphatic heterocycles. The van der Waals surface area contributed by atoms with Gasteiger partial charge in [-0.3, -0.25) is 0 Å². The average Bonchev–Trinajstić information content (AvgIpc) is 2.52. The van der Waals surface area contributed by atoms with Gasteiger partial charge in [-0.15, -0.1) is 0 Å². The molecule has 3 nitrogen and oxygen atoms in total. The van der Waals surface area contributed by atoms with E-state index in [9.17, 15) is 0 Å². The maximum atomic E-state index is 4.08. The normalized spacial score (nSPS) is 22.3. The highest BCUT2D eigenvalue weighted by Gasteiger charge is 2.10. The number of hydrogen-bond acceptors (Lipinski definition) is 2. The predicted octanol–water partition coefficient (Wildman–Crippen LogP) is 1.14. The van der Waals surface area contributed by atoms with Gasteiger partial charge >= 0.3 is 0 Å². The molecule has 1 aliphatic rings. The summed E-state index contributed by atoms with van der Waals surface area (Å²) in [5.41, 5.74) is 2.18. The molecule has 0 amide bonds. The molecular weight excluding hydrogens is 150 g/mol. The Morgan fingerprint density at radius 2 is 2.50 bits per heavy atom. The highest BCUT2D eigenvalue weighted by Crippen LogP contribution is 2.09. The summed E-state index contributed by atoms with van der Waals surface area (Å²) in [5.74, 6) is 0.844. The van der Waals surface area contributed by atoms with Crippen molar-refractivity contribution in [1.29, 1.82) is 0 Å². The fourth-order valence-corrected chi connectivity index (χ4v) is 0.996. The first-order valence-electron chi connectivity index (χ1n) is 3.80. The number of hydrogen-bond donors (Lipinski definition) is 2. The molecule has 0 bridgehead atoms. The van der Waals surface area contributed by atoms with Crippen molar-refractivity contribution in [2.24, 2.45) is 4.99 Å². The van der Waals surface area contributed by atoms with E-state index in [-0.39, 0.29) is 0 Å². The average molecular weight is 163 g/mol. The van der Waals surface area contributed by atoms with Gasteiger partial charge in [-0.1, -0.05) is 6.58 Å². The minimum absolute atomic E-state index is 0.844. The van der Waals surface area contributed by atoms with E-state index in [0.29, 0.717) is 0 Å². The highest BCUT2D eigenvalue weighted by atomic mass is 15.0. The lowest BCUT2D eigenvalue weighted by Crippen LogP contribution is -2.16. The molecule has 1 rings (SSSR count). The number of nitrogens with one attached hydrogen (secondary N) is 2. The molecule has 0 saturated carbocycles. The van der Waals surface area contributed by atoms with E-state index in [4.69, 9.17) is 0 Å². The molecule has 3 heteroatoms. The van der Waals surface area contributed by atoms with Crippen molar-refractivity contribution in [3.05, 3.63) is 36.3 Å². The van der Waals surface area contributed by atoms with Crippen LogP contribution in [0.3, 0.4) is 0 Å². The van der Waals surface area contributed by atoms with Gasteiger partial charge in [-0.2, -0.15) is 0 Å². The third-order valence-electron chi connectivity index (χ3n) is 1.72. The topological polar surface area (TPSA) is 36.4 Å². The SMILES string of the molecule is C=C/N=C1/NC=C/C1=C(/C)NC. The van der Waals surface area contributed by atoms with Gasteiger partial charge in [0.1, 0.15) is 5.84 Å². The Kier molecular flexibility index (Phi) is 2.69. The van der Waals surface area contributed by atoms with Gasteiger partial charge in [-0.25, -0.2) is 4.99 Å². The van der Waals surface area contributed by atoms with Crippen molar-refractivity contribution >= 4 is 5.84 Å². The molecular formula is C9H13N3. The molecule has 0 saturated heterocycles. The van der Waals surface area contributed by atoms with E-state index in [0.717, 1.165) is 17.1 Å². The smallest absolute Gasteiger partial charge is 0.138 e. The molecule has 0 fully saturated rings. The minimum atomic E-state index is 0.844. The van der Waals surface area contributed by atoms with E-state index in [2.05, 4.69) is 22.2 Å². The first-order valence-corrected chi connectivity index (χ1v) is 3.80. The molecule has 2 N–H and O–H groups in total. The van der Waals surface area contributed by atoms with Crippen LogP contribution in [0.1, 0.15) is 6.92 Å². The van der Waals surface area contributed by atoms with Crippen LogP contribution in [0.15, 0.2) is 41.3 Å². The molecule has 0 radical (unpaired) electrons. The molecule has 0 atom stereocenters. The van der Waals surface area contributed by atoms with Gasteiger partial charge in [0.25, 0.3) is 0 Å². The van der Waals surface area contributed by atoms with E-state index >= 15 is 0 Å². The predicted molar refractivity (Wildman–Crippen MR) is 51.7 cm³/mol. The van der Waals surface area contributed by atoms with E-state index in [1.54, 1.807) is 0 Å². The molecule has 1 heterocycles. The summed E-state index contributed by atoms with van der Waals surface area (Å²) < 4.78 is 0. The monoisotopic (exact) mass is 163 g/mol. The molecule has 0 unspecified atom stereocenters. The van der Waals surface area contributed by atoms with Crippen molar-refractivity contribution in [1.82, 2.24) is 10.6 Å². The van der Waals surface area contributed by atoms with Crippen molar-refractivity contribution < 1.29 is 0 Å². The van der Waals surface area contributed by atoms with Gasteiger partial charge in [0.15, 0.2) is 0 Å². The van der Waals surface area contributed by atoms with Gasteiger partial charge in [0.05, 0.1) is 0 Å². The van der Waals surface area contributed by atoms with Gasteiger partial charge in [0.2, 0.25) is 0 Å². The quantitative estimate of drug-likeness (QED) is 0.640. The maximum Gasteiger partial charge on any atom is 0.138 e. The summed E-state index contributed by atoms with van der Waals surface area (Å²) >= 11 is 0. The van der Waals surface area contributed by atoms with Crippen LogP contribution in [0.25, 0.3) is 0 Å². The molecule has 0 aromatic rings.